The lowest BCUT2D eigenvalue weighted by Gasteiger charge is -2.17. The second-order valence-corrected chi connectivity index (χ2v) is 6.52. The minimum atomic E-state index is -0.458. The second kappa shape index (κ2) is 8.46. The molecule has 0 bridgehead atoms. The highest BCUT2D eigenvalue weighted by atomic mass is 16.5. The van der Waals surface area contributed by atoms with Gasteiger partial charge < -0.3 is 14.8 Å². The summed E-state index contributed by atoms with van der Waals surface area (Å²) in [7, 11) is 1.32. The quantitative estimate of drug-likeness (QED) is 0.761. The largest absolute Gasteiger partial charge is 0.493 e. The van der Waals surface area contributed by atoms with Crippen LogP contribution in [0.2, 0.25) is 0 Å². The van der Waals surface area contributed by atoms with E-state index in [4.69, 9.17) is 4.74 Å². The third-order valence-electron chi connectivity index (χ3n) is 3.53. The van der Waals surface area contributed by atoms with Gasteiger partial charge in [-0.3, -0.25) is 0 Å². The van der Waals surface area contributed by atoms with E-state index in [0.29, 0.717) is 30.0 Å². The Bertz CT molecular complexity index is 712. The number of nitrogens with one attached hydrogen (secondary N) is 1. The first-order valence-corrected chi connectivity index (χ1v) is 8.34. The number of anilines is 2. The first kappa shape index (κ1) is 18.7. The predicted octanol–water partition coefficient (Wildman–Crippen LogP) is 4.17. The smallest absolute Gasteiger partial charge is 0.341 e. The van der Waals surface area contributed by atoms with Crippen molar-refractivity contribution in [1.29, 1.82) is 0 Å². The van der Waals surface area contributed by atoms with Crippen LogP contribution in [0.5, 0.6) is 5.75 Å². The van der Waals surface area contributed by atoms with E-state index in [9.17, 15) is 4.79 Å². The van der Waals surface area contributed by atoms with E-state index in [1.165, 1.54) is 19.5 Å². The van der Waals surface area contributed by atoms with Crippen molar-refractivity contribution in [3.05, 3.63) is 41.7 Å². The fourth-order valence-electron chi connectivity index (χ4n) is 2.21. The number of methoxy groups -OCH3 is 1. The van der Waals surface area contributed by atoms with Crippen molar-refractivity contribution in [1.82, 2.24) is 9.97 Å². The molecule has 25 heavy (non-hydrogen) atoms. The van der Waals surface area contributed by atoms with Crippen LogP contribution >= 0.6 is 0 Å². The van der Waals surface area contributed by atoms with Crippen LogP contribution < -0.4 is 10.1 Å². The van der Waals surface area contributed by atoms with Gasteiger partial charge >= 0.3 is 5.97 Å². The molecule has 0 saturated carbocycles. The fourth-order valence-corrected chi connectivity index (χ4v) is 2.21. The van der Waals surface area contributed by atoms with Crippen molar-refractivity contribution in [2.45, 2.75) is 33.6 Å². The van der Waals surface area contributed by atoms with Crippen molar-refractivity contribution >= 4 is 17.6 Å². The van der Waals surface area contributed by atoms with Crippen molar-refractivity contribution in [3.8, 4) is 5.75 Å². The molecule has 0 spiro atoms. The highest BCUT2D eigenvalue weighted by molar-refractivity contribution is 5.88. The summed E-state index contributed by atoms with van der Waals surface area (Å²) in [5, 5.41) is 3.15. The van der Waals surface area contributed by atoms with Crippen LogP contribution in [0.4, 0.5) is 11.6 Å². The number of benzene rings is 1. The Morgan fingerprint density at radius 3 is 2.40 bits per heavy atom. The van der Waals surface area contributed by atoms with E-state index in [1.54, 1.807) is 0 Å². The minimum absolute atomic E-state index is 0.313. The third-order valence-corrected chi connectivity index (χ3v) is 3.53. The fraction of sp³-hybridized carbons (Fsp3) is 0.421. The van der Waals surface area contributed by atoms with Crippen LogP contribution in [-0.4, -0.2) is 29.7 Å². The second-order valence-electron chi connectivity index (χ2n) is 6.52. The Morgan fingerprint density at radius 2 is 1.84 bits per heavy atom. The van der Waals surface area contributed by atoms with E-state index in [2.05, 4.69) is 47.7 Å². The Balaban J connectivity index is 2.16. The normalized spacial score (nSPS) is 10.8. The molecule has 0 aliphatic heterocycles. The van der Waals surface area contributed by atoms with Gasteiger partial charge in [-0.1, -0.05) is 27.7 Å². The average Bonchev–Trinajstić information content (AvgIpc) is 2.60. The first-order valence-electron chi connectivity index (χ1n) is 8.34. The van der Waals surface area contributed by atoms with Gasteiger partial charge in [0.15, 0.2) is 0 Å². The summed E-state index contributed by atoms with van der Waals surface area (Å²) in [6, 6.07) is 5.93. The van der Waals surface area contributed by atoms with E-state index < -0.39 is 5.97 Å². The van der Waals surface area contributed by atoms with Crippen LogP contribution in [0.3, 0.4) is 0 Å². The third kappa shape index (κ3) is 5.17. The molecule has 1 heterocycles. The molecule has 6 heteroatoms. The Labute approximate surface area is 148 Å². The first-order chi connectivity index (χ1) is 11.9. The molecule has 2 rings (SSSR count). The highest BCUT2D eigenvalue weighted by Gasteiger charge is 2.11. The van der Waals surface area contributed by atoms with Gasteiger partial charge in [0, 0.05) is 18.1 Å². The molecule has 0 amide bonds. The predicted molar refractivity (Wildman–Crippen MR) is 97.5 cm³/mol. The number of hydrogen-bond acceptors (Lipinski definition) is 6. The standard InChI is InChI=1S/C19H25N3O3/c1-12(2)11-25-17-7-6-15(8-16(17)13(3)4)22-19-20-9-14(10-21-19)18(23)24-5/h6-10,12-13H,11H2,1-5H3,(H,20,21,22). The molecule has 0 unspecified atom stereocenters. The molecule has 0 atom stereocenters. The molecule has 0 fully saturated rings. The van der Waals surface area contributed by atoms with Crippen LogP contribution in [0.15, 0.2) is 30.6 Å². The molecular formula is C19H25N3O3. The zero-order valence-corrected chi connectivity index (χ0v) is 15.4. The summed E-state index contributed by atoms with van der Waals surface area (Å²) in [6.07, 6.45) is 2.87. The van der Waals surface area contributed by atoms with E-state index in [0.717, 1.165) is 17.0 Å². The summed E-state index contributed by atoms with van der Waals surface area (Å²) in [4.78, 5) is 19.7. The summed E-state index contributed by atoms with van der Waals surface area (Å²) in [5.74, 6) is 1.65. The molecule has 0 aliphatic rings. The lowest BCUT2D eigenvalue weighted by atomic mass is 10.0. The minimum Gasteiger partial charge on any atom is -0.493 e. The number of aromatic nitrogens is 2. The van der Waals surface area contributed by atoms with Gasteiger partial charge in [-0.05, 0) is 35.6 Å². The van der Waals surface area contributed by atoms with Gasteiger partial charge in [-0.25, -0.2) is 14.8 Å². The monoisotopic (exact) mass is 343 g/mol. The van der Waals surface area contributed by atoms with Crippen molar-refractivity contribution in [2.75, 3.05) is 19.0 Å². The summed E-state index contributed by atoms with van der Waals surface area (Å²) in [6.45, 7) is 9.19. The maximum Gasteiger partial charge on any atom is 0.341 e. The molecule has 1 N–H and O–H groups in total. The van der Waals surface area contributed by atoms with Gasteiger partial charge in [0.25, 0.3) is 0 Å². The number of hydrogen-bond donors (Lipinski definition) is 1. The summed E-state index contributed by atoms with van der Waals surface area (Å²) in [5.41, 5.74) is 2.30. The number of ether oxygens (including phenoxy) is 2. The van der Waals surface area contributed by atoms with Crippen molar-refractivity contribution in [3.63, 3.8) is 0 Å². The summed E-state index contributed by atoms with van der Waals surface area (Å²) < 4.78 is 10.5. The highest BCUT2D eigenvalue weighted by Crippen LogP contribution is 2.30. The van der Waals surface area contributed by atoms with E-state index in [-0.39, 0.29) is 0 Å². The molecule has 2 aromatic rings. The van der Waals surface area contributed by atoms with Crippen molar-refractivity contribution in [2.24, 2.45) is 5.92 Å². The summed E-state index contributed by atoms with van der Waals surface area (Å²) >= 11 is 0. The maximum atomic E-state index is 11.4. The lowest BCUT2D eigenvalue weighted by Crippen LogP contribution is -2.07. The number of esters is 1. The van der Waals surface area contributed by atoms with Crippen LogP contribution in [0, 0.1) is 5.92 Å². The van der Waals surface area contributed by atoms with Crippen LogP contribution in [-0.2, 0) is 4.74 Å². The molecule has 6 nitrogen and oxygen atoms in total. The Morgan fingerprint density at radius 1 is 1.16 bits per heavy atom. The molecule has 0 saturated heterocycles. The van der Waals surface area contributed by atoms with Gasteiger partial charge in [-0.2, -0.15) is 0 Å². The Kier molecular flexibility index (Phi) is 6.33. The maximum absolute atomic E-state index is 11.4. The van der Waals surface area contributed by atoms with Gasteiger partial charge in [0.05, 0.1) is 19.3 Å². The average molecular weight is 343 g/mol. The number of carbonyl (C=O) groups is 1. The number of rotatable bonds is 7. The zero-order chi connectivity index (χ0) is 18.4. The van der Waals surface area contributed by atoms with Gasteiger partial charge in [-0.15, -0.1) is 0 Å². The number of nitrogens with zero attached hydrogens (tertiary/aromatic N) is 2. The topological polar surface area (TPSA) is 73.3 Å². The lowest BCUT2D eigenvalue weighted by molar-refractivity contribution is 0.0600. The molecule has 0 radical (unpaired) electrons. The van der Waals surface area contributed by atoms with Crippen LogP contribution in [0.25, 0.3) is 0 Å². The molecule has 1 aromatic heterocycles. The van der Waals surface area contributed by atoms with Crippen LogP contribution in [0.1, 0.15) is 49.5 Å². The van der Waals surface area contributed by atoms with Gasteiger partial charge in [0.2, 0.25) is 5.95 Å². The van der Waals surface area contributed by atoms with E-state index >= 15 is 0 Å². The van der Waals surface area contributed by atoms with E-state index in [1.807, 2.05) is 18.2 Å². The Hall–Kier alpha value is -2.63. The number of carbonyl (C=O) groups excluding carboxylic acids is 1. The van der Waals surface area contributed by atoms with Crippen molar-refractivity contribution < 1.29 is 14.3 Å². The molecule has 1 aromatic carbocycles. The molecular weight excluding hydrogens is 318 g/mol. The SMILES string of the molecule is COC(=O)c1cnc(Nc2ccc(OCC(C)C)c(C(C)C)c2)nc1. The molecule has 134 valence electrons. The van der Waals surface area contributed by atoms with Gasteiger partial charge in [0.1, 0.15) is 5.75 Å². The molecule has 0 aliphatic carbocycles. The zero-order valence-electron chi connectivity index (χ0n) is 15.4.